The Hall–Kier alpha value is -2.94. The third-order valence-corrected chi connectivity index (χ3v) is 4.63. The first kappa shape index (κ1) is 21.4. The lowest BCUT2D eigenvalue weighted by molar-refractivity contribution is -0.123. The van der Waals surface area contributed by atoms with E-state index in [0.29, 0.717) is 34.8 Å². The lowest BCUT2D eigenvalue weighted by Gasteiger charge is -2.19. The van der Waals surface area contributed by atoms with Crippen LogP contribution in [0, 0.1) is 6.92 Å². The van der Waals surface area contributed by atoms with E-state index in [1.165, 1.54) is 19.4 Å². The van der Waals surface area contributed by atoms with E-state index in [-0.39, 0.29) is 0 Å². The molecule has 0 saturated carbocycles. The lowest BCUT2D eigenvalue weighted by Crippen LogP contribution is -2.52. The molecule has 1 aromatic heterocycles. The maximum atomic E-state index is 12.6. The van der Waals surface area contributed by atoms with E-state index < -0.39 is 23.8 Å². The molecule has 2 aromatic rings. The van der Waals surface area contributed by atoms with E-state index in [0.717, 1.165) is 0 Å². The zero-order valence-corrected chi connectivity index (χ0v) is 16.7. The largest absolute Gasteiger partial charge is 0.496 e. The molecule has 0 bridgehead atoms. The number of rotatable bonds is 8. The van der Waals surface area contributed by atoms with Gasteiger partial charge < -0.3 is 14.5 Å². The summed E-state index contributed by atoms with van der Waals surface area (Å²) in [7, 11) is 1.47. The summed E-state index contributed by atoms with van der Waals surface area (Å²) in [6, 6.07) is 7.42. The van der Waals surface area contributed by atoms with Crippen LogP contribution < -0.4 is 20.9 Å². The van der Waals surface area contributed by atoms with Crippen molar-refractivity contribution in [1.82, 2.24) is 16.2 Å². The Morgan fingerprint density at radius 3 is 2.50 bits per heavy atom. The van der Waals surface area contributed by atoms with Crippen molar-refractivity contribution in [1.29, 1.82) is 0 Å². The van der Waals surface area contributed by atoms with Crippen LogP contribution in [0.25, 0.3) is 0 Å². The second kappa shape index (κ2) is 10.4. The third kappa shape index (κ3) is 5.53. The van der Waals surface area contributed by atoms with Crippen LogP contribution in [0.3, 0.4) is 0 Å². The lowest BCUT2D eigenvalue weighted by atomic mass is 10.1. The average Bonchev–Trinajstić information content (AvgIpc) is 3.14. The first-order chi connectivity index (χ1) is 13.5. The van der Waals surface area contributed by atoms with Gasteiger partial charge in [-0.2, -0.15) is 11.8 Å². The van der Waals surface area contributed by atoms with E-state index in [4.69, 9.17) is 9.15 Å². The number of aryl methyl sites for hydroxylation is 1. The van der Waals surface area contributed by atoms with Gasteiger partial charge >= 0.3 is 0 Å². The number of benzene rings is 1. The van der Waals surface area contributed by atoms with Crippen molar-refractivity contribution < 1.29 is 23.5 Å². The zero-order valence-electron chi connectivity index (χ0n) is 15.9. The minimum atomic E-state index is -0.824. The number of hydrazine groups is 1. The van der Waals surface area contributed by atoms with Crippen molar-refractivity contribution >= 4 is 29.5 Å². The molecular weight excluding hydrogens is 382 g/mol. The molecule has 2 rings (SSSR count). The van der Waals surface area contributed by atoms with Crippen LogP contribution in [-0.4, -0.2) is 42.9 Å². The molecule has 8 nitrogen and oxygen atoms in total. The molecule has 1 heterocycles. The fourth-order valence-corrected chi connectivity index (χ4v) is 2.94. The van der Waals surface area contributed by atoms with E-state index in [1.54, 1.807) is 43.0 Å². The fourth-order valence-electron chi connectivity index (χ4n) is 2.47. The number of carbonyl (C=O) groups is 3. The van der Waals surface area contributed by atoms with Crippen molar-refractivity contribution in [2.75, 3.05) is 19.1 Å². The highest BCUT2D eigenvalue weighted by molar-refractivity contribution is 7.98. The summed E-state index contributed by atoms with van der Waals surface area (Å²) in [5.41, 5.74) is 5.34. The number of amides is 3. The molecule has 0 aliphatic carbocycles. The van der Waals surface area contributed by atoms with Gasteiger partial charge in [0.05, 0.1) is 24.5 Å². The Labute approximate surface area is 167 Å². The molecule has 3 amide bonds. The first-order valence-corrected chi connectivity index (χ1v) is 9.94. The average molecular weight is 405 g/mol. The Balaban J connectivity index is 2.03. The molecule has 9 heteroatoms. The Bertz CT molecular complexity index is 836. The molecule has 0 aliphatic rings. The van der Waals surface area contributed by atoms with Gasteiger partial charge in [-0.25, -0.2) is 0 Å². The maximum Gasteiger partial charge on any atom is 0.273 e. The molecule has 0 spiro atoms. The highest BCUT2D eigenvalue weighted by atomic mass is 32.2. The van der Waals surface area contributed by atoms with Crippen molar-refractivity contribution in [2.24, 2.45) is 0 Å². The zero-order chi connectivity index (χ0) is 20.5. The van der Waals surface area contributed by atoms with Crippen LogP contribution in [-0.2, 0) is 4.79 Å². The van der Waals surface area contributed by atoms with Gasteiger partial charge in [0.15, 0.2) is 0 Å². The Morgan fingerprint density at radius 2 is 1.86 bits per heavy atom. The molecule has 1 unspecified atom stereocenters. The predicted octanol–water partition coefficient (Wildman–Crippen LogP) is 1.91. The van der Waals surface area contributed by atoms with Crippen LogP contribution in [0.15, 0.2) is 41.0 Å². The van der Waals surface area contributed by atoms with E-state index in [9.17, 15) is 14.4 Å². The van der Waals surface area contributed by atoms with Gasteiger partial charge in [-0.1, -0.05) is 12.1 Å². The van der Waals surface area contributed by atoms with Crippen molar-refractivity contribution in [3.63, 3.8) is 0 Å². The van der Waals surface area contributed by atoms with Crippen LogP contribution >= 0.6 is 11.8 Å². The normalized spacial score (nSPS) is 11.4. The van der Waals surface area contributed by atoms with E-state index in [2.05, 4.69) is 16.2 Å². The molecule has 1 aromatic carbocycles. The first-order valence-electron chi connectivity index (χ1n) is 8.55. The van der Waals surface area contributed by atoms with Crippen molar-refractivity contribution in [3.05, 3.63) is 53.5 Å². The minimum absolute atomic E-state index is 0.319. The summed E-state index contributed by atoms with van der Waals surface area (Å²) in [5.74, 6) is 0.0451. The smallest absolute Gasteiger partial charge is 0.273 e. The maximum absolute atomic E-state index is 12.6. The van der Waals surface area contributed by atoms with Gasteiger partial charge in [-0.15, -0.1) is 0 Å². The van der Waals surface area contributed by atoms with Crippen molar-refractivity contribution in [3.8, 4) is 5.75 Å². The predicted molar refractivity (Wildman–Crippen MR) is 106 cm³/mol. The van der Waals surface area contributed by atoms with E-state index in [1.807, 2.05) is 6.26 Å². The molecule has 3 N–H and O–H groups in total. The number of thioether (sulfide) groups is 1. The highest BCUT2D eigenvalue weighted by Crippen LogP contribution is 2.17. The summed E-state index contributed by atoms with van der Waals surface area (Å²) < 4.78 is 10.3. The van der Waals surface area contributed by atoms with Crippen molar-refractivity contribution in [2.45, 2.75) is 19.4 Å². The number of hydrogen-bond donors (Lipinski definition) is 3. The minimum Gasteiger partial charge on any atom is -0.496 e. The highest BCUT2D eigenvalue weighted by Gasteiger charge is 2.23. The summed E-state index contributed by atoms with van der Waals surface area (Å²) in [4.78, 5) is 37.2. The summed E-state index contributed by atoms with van der Waals surface area (Å²) in [5, 5.41) is 2.70. The van der Waals surface area contributed by atoms with Crippen LogP contribution in [0.4, 0.5) is 0 Å². The molecule has 0 saturated heterocycles. The SMILES string of the molecule is COc1ccccc1C(=O)NC(CCSC)C(=O)NNC(=O)c1ccoc1C. The molecule has 0 fully saturated rings. The van der Waals surface area contributed by atoms with Crippen LogP contribution in [0.5, 0.6) is 5.75 Å². The quantitative estimate of drug-likeness (QED) is 0.579. The number of para-hydroxylation sites is 1. The third-order valence-electron chi connectivity index (χ3n) is 3.99. The molecule has 150 valence electrons. The number of methoxy groups -OCH3 is 1. The number of carbonyl (C=O) groups excluding carboxylic acids is 3. The Morgan fingerprint density at radius 1 is 1.11 bits per heavy atom. The molecule has 1 atom stereocenters. The fraction of sp³-hybridized carbons (Fsp3) is 0.316. The summed E-state index contributed by atoms with van der Waals surface area (Å²) in [6.07, 6.45) is 3.69. The summed E-state index contributed by atoms with van der Waals surface area (Å²) in [6.45, 7) is 1.64. The van der Waals surface area contributed by atoms with Gasteiger partial charge in [0.1, 0.15) is 17.6 Å². The van der Waals surface area contributed by atoms with Crippen LogP contribution in [0.2, 0.25) is 0 Å². The van der Waals surface area contributed by atoms with Gasteiger partial charge in [-0.3, -0.25) is 25.2 Å². The molecule has 0 radical (unpaired) electrons. The second-order valence-corrected chi connectivity index (χ2v) is 6.83. The molecular formula is C19H23N3O5S. The standard InChI is InChI=1S/C19H23N3O5S/c1-12-13(8-10-27-12)18(24)21-22-19(25)15(9-11-28-3)20-17(23)14-6-4-5-7-16(14)26-2/h4-8,10,15H,9,11H2,1-3H3,(H,20,23)(H,21,24)(H,22,25). The summed E-state index contributed by atoms with van der Waals surface area (Å²) >= 11 is 1.55. The van der Waals surface area contributed by atoms with E-state index >= 15 is 0 Å². The number of ether oxygens (including phenoxy) is 1. The molecule has 0 aliphatic heterocycles. The number of furan rings is 1. The number of nitrogens with one attached hydrogen (secondary N) is 3. The monoisotopic (exact) mass is 405 g/mol. The van der Waals surface area contributed by atoms with Gasteiger partial charge in [0, 0.05) is 0 Å². The second-order valence-electron chi connectivity index (χ2n) is 5.84. The Kier molecular flexibility index (Phi) is 7.94. The van der Waals surface area contributed by atoms with Gasteiger partial charge in [0.2, 0.25) is 0 Å². The topological polar surface area (TPSA) is 110 Å². The number of hydrogen-bond acceptors (Lipinski definition) is 6. The molecule has 28 heavy (non-hydrogen) atoms. The van der Waals surface area contributed by atoms with Gasteiger partial charge in [0.25, 0.3) is 17.7 Å². The van der Waals surface area contributed by atoms with Crippen LogP contribution in [0.1, 0.15) is 32.9 Å². The van der Waals surface area contributed by atoms with Gasteiger partial charge in [-0.05, 0) is 43.6 Å².